The summed E-state index contributed by atoms with van der Waals surface area (Å²) >= 11 is 0. The van der Waals surface area contributed by atoms with Crippen molar-refractivity contribution in [1.82, 2.24) is 4.90 Å². The maximum Gasteiger partial charge on any atom is 0.119 e. The molecule has 0 saturated carbocycles. The fourth-order valence-corrected chi connectivity index (χ4v) is 3.09. The SMILES string of the molecule is CCOc1ccc(C(CN)N2CCC(C(C)C)C2)cc1. The van der Waals surface area contributed by atoms with Crippen molar-refractivity contribution >= 4 is 0 Å². The van der Waals surface area contributed by atoms with Crippen LogP contribution in [0.5, 0.6) is 5.75 Å². The molecule has 3 nitrogen and oxygen atoms in total. The standard InChI is InChI=1S/C17H28N2O/c1-4-20-16-7-5-14(6-8-16)17(11-18)19-10-9-15(12-19)13(2)3/h5-8,13,15,17H,4,9-12,18H2,1-3H3. The first-order valence-corrected chi connectivity index (χ1v) is 7.82. The van der Waals surface area contributed by atoms with E-state index in [1.54, 1.807) is 0 Å². The zero-order valence-electron chi connectivity index (χ0n) is 13.0. The minimum atomic E-state index is 0.342. The summed E-state index contributed by atoms with van der Waals surface area (Å²) in [6.07, 6.45) is 1.30. The predicted molar refractivity (Wildman–Crippen MR) is 83.9 cm³/mol. The number of hydrogen-bond donors (Lipinski definition) is 1. The number of nitrogens with zero attached hydrogens (tertiary/aromatic N) is 1. The molecular formula is C17H28N2O. The molecular weight excluding hydrogens is 248 g/mol. The second kappa shape index (κ2) is 7.09. The molecule has 1 aromatic carbocycles. The highest BCUT2D eigenvalue weighted by atomic mass is 16.5. The van der Waals surface area contributed by atoms with E-state index in [9.17, 15) is 0 Å². The van der Waals surface area contributed by atoms with E-state index in [0.717, 1.165) is 24.1 Å². The van der Waals surface area contributed by atoms with Gasteiger partial charge in [-0.05, 0) is 49.4 Å². The summed E-state index contributed by atoms with van der Waals surface area (Å²) in [5.41, 5.74) is 7.34. The summed E-state index contributed by atoms with van der Waals surface area (Å²) in [6, 6.07) is 8.76. The van der Waals surface area contributed by atoms with E-state index in [0.29, 0.717) is 19.2 Å². The Bertz CT molecular complexity index is 402. The van der Waals surface area contributed by atoms with Crippen LogP contribution in [0.2, 0.25) is 0 Å². The van der Waals surface area contributed by atoms with E-state index in [2.05, 4.69) is 43.0 Å². The van der Waals surface area contributed by atoms with E-state index >= 15 is 0 Å². The maximum atomic E-state index is 6.03. The Balaban J connectivity index is 2.04. The van der Waals surface area contributed by atoms with E-state index < -0.39 is 0 Å². The van der Waals surface area contributed by atoms with Gasteiger partial charge < -0.3 is 10.5 Å². The van der Waals surface area contributed by atoms with Crippen molar-refractivity contribution in [1.29, 1.82) is 0 Å². The van der Waals surface area contributed by atoms with Crippen LogP contribution in [0.4, 0.5) is 0 Å². The molecule has 2 atom stereocenters. The minimum Gasteiger partial charge on any atom is -0.494 e. The van der Waals surface area contributed by atoms with Gasteiger partial charge in [0.2, 0.25) is 0 Å². The highest BCUT2D eigenvalue weighted by Gasteiger charge is 2.29. The predicted octanol–water partition coefficient (Wildman–Crippen LogP) is 3.06. The third kappa shape index (κ3) is 3.53. The van der Waals surface area contributed by atoms with Gasteiger partial charge in [0.15, 0.2) is 0 Å². The normalized spacial score (nSPS) is 21.4. The lowest BCUT2D eigenvalue weighted by atomic mass is 9.95. The Kier molecular flexibility index (Phi) is 5.44. The summed E-state index contributed by atoms with van der Waals surface area (Å²) in [4.78, 5) is 2.54. The van der Waals surface area contributed by atoms with Crippen LogP contribution >= 0.6 is 0 Å². The molecule has 1 heterocycles. The van der Waals surface area contributed by atoms with Crippen LogP contribution in [-0.4, -0.2) is 31.1 Å². The molecule has 0 amide bonds. The highest BCUT2D eigenvalue weighted by molar-refractivity contribution is 5.29. The minimum absolute atomic E-state index is 0.342. The molecule has 0 aromatic heterocycles. The van der Waals surface area contributed by atoms with Gasteiger partial charge in [0, 0.05) is 19.1 Å². The molecule has 2 unspecified atom stereocenters. The lowest BCUT2D eigenvalue weighted by Crippen LogP contribution is -2.32. The van der Waals surface area contributed by atoms with Crippen molar-refractivity contribution in [3.63, 3.8) is 0 Å². The number of benzene rings is 1. The zero-order valence-corrected chi connectivity index (χ0v) is 13.0. The van der Waals surface area contributed by atoms with Gasteiger partial charge in [-0.3, -0.25) is 4.90 Å². The molecule has 3 heteroatoms. The summed E-state index contributed by atoms with van der Waals surface area (Å²) in [6.45, 7) is 10.4. The van der Waals surface area contributed by atoms with Crippen molar-refractivity contribution in [2.24, 2.45) is 17.6 Å². The number of nitrogens with two attached hydrogens (primary N) is 1. The highest BCUT2D eigenvalue weighted by Crippen LogP contribution is 2.31. The monoisotopic (exact) mass is 276 g/mol. The van der Waals surface area contributed by atoms with Crippen LogP contribution < -0.4 is 10.5 Å². The smallest absolute Gasteiger partial charge is 0.119 e. The fourth-order valence-electron chi connectivity index (χ4n) is 3.09. The Morgan fingerprint density at radius 1 is 1.30 bits per heavy atom. The Hall–Kier alpha value is -1.06. The second-order valence-electron chi connectivity index (χ2n) is 6.04. The first-order chi connectivity index (χ1) is 9.65. The summed E-state index contributed by atoms with van der Waals surface area (Å²) in [7, 11) is 0. The van der Waals surface area contributed by atoms with Gasteiger partial charge in [0.25, 0.3) is 0 Å². The van der Waals surface area contributed by atoms with E-state index in [4.69, 9.17) is 10.5 Å². The number of ether oxygens (including phenoxy) is 1. The van der Waals surface area contributed by atoms with Gasteiger partial charge in [-0.15, -0.1) is 0 Å². The molecule has 0 radical (unpaired) electrons. The third-order valence-corrected chi connectivity index (χ3v) is 4.44. The lowest BCUT2D eigenvalue weighted by molar-refractivity contribution is 0.232. The molecule has 112 valence electrons. The molecule has 0 bridgehead atoms. The molecule has 1 aliphatic heterocycles. The summed E-state index contributed by atoms with van der Waals surface area (Å²) in [5, 5.41) is 0. The molecule has 0 aliphatic carbocycles. The van der Waals surface area contributed by atoms with Crippen molar-refractivity contribution < 1.29 is 4.74 Å². The maximum absolute atomic E-state index is 6.03. The van der Waals surface area contributed by atoms with Crippen LogP contribution in [0.3, 0.4) is 0 Å². The zero-order chi connectivity index (χ0) is 14.5. The van der Waals surface area contributed by atoms with Gasteiger partial charge in [0.05, 0.1) is 6.61 Å². The van der Waals surface area contributed by atoms with Crippen LogP contribution in [0, 0.1) is 11.8 Å². The van der Waals surface area contributed by atoms with Crippen molar-refractivity contribution in [2.75, 3.05) is 26.2 Å². The Labute approximate surface area is 123 Å². The van der Waals surface area contributed by atoms with E-state index in [1.807, 2.05) is 6.92 Å². The van der Waals surface area contributed by atoms with Crippen molar-refractivity contribution in [3.8, 4) is 5.75 Å². The summed E-state index contributed by atoms with van der Waals surface area (Å²) in [5.74, 6) is 2.51. The van der Waals surface area contributed by atoms with Gasteiger partial charge in [0.1, 0.15) is 5.75 Å². The third-order valence-electron chi connectivity index (χ3n) is 4.44. The van der Waals surface area contributed by atoms with Crippen molar-refractivity contribution in [2.45, 2.75) is 33.2 Å². The average molecular weight is 276 g/mol. The van der Waals surface area contributed by atoms with Gasteiger partial charge >= 0.3 is 0 Å². The van der Waals surface area contributed by atoms with Crippen molar-refractivity contribution in [3.05, 3.63) is 29.8 Å². The van der Waals surface area contributed by atoms with Crippen LogP contribution in [-0.2, 0) is 0 Å². The largest absolute Gasteiger partial charge is 0.494 e. The average Bonchev–Trinajstić information content (AvgIpc) is 2.92. The van der Waals surface area contributed by atoms with Crippen LogP contribution in [0.1, 0.15) is 38.8 Å². The molecule has 20 heavy (non-hydrogen) atoms. The van der Waals surface area contributed by atoms with Crippen LogP contribution in [0.15, 0.2) is 24.3 Å². The lowest BCUT2D eigenvalue weighted by Gasteiger charge is -2.27. The molecule has 0 spiro atoms. The van der Waals surface area contributed by atoms with Gasteiger partial charge in [-0.1, -0.05) is 26.0 Å². The molecule has 2 rings (SSSR count). The first kappa shape index (κ1) is 15.3. The molecule has 1 aliphatic rings. The Morgan fingerprint density at radius 2 is 2.00 bits per heavy atom. The second-order valence-corrected chi connectivity index (χ2v) is 6.04. The quantitative estimate of drug-likeness (QED) is 0.868. The van der Waals surface area contributed by atoms with Crippen LogP contribution in [0.25, 0.3) is 0 Å². The first-order valence-electron chi connectivity index (χ1n) is 7.82. The summed E-state index contributed by atoms with van der Waals surface area (Å²) < 4.78 is 5.50. The molecule has 1 saturated heterocycles. The molecule has 1 aromatic rings. The molecule has 1 fully saturated rings. The molecule has 2 N–H and O–H groups in total. The number of hydrogen-bond acceptors (Lipinski definition) is 3. The van der Waals surface area contributed by atoms with Gasteiger partial charge in [-0.2, -0.15) is 0 Å². The fraction of sp³-hybridized carbons (Fsp3) is 0.647. The number of likely N-dealkylation sites (tertiary alicyclic amines) is 1. The topological polar surface area (TPSA) is 38.5 Å². The Morgan fingerprint density at radius 3 is 2.50 bits per heavy atom. The van der Waals surface area contributed by atoms with Gasteiger partial charge in [-0.25, -0.2) is 0 Å². The van der Waals surface area contributed by atoms with E-state index in [1.165, 1.54) is 18.5 Å². The number of rotatable bonds is 6. The van der Waals surface area contributed by atoms with E-state index in [-0.39, 0.29) is 0 Å².